The van der Waals surface area contributed by atoms with E-state index >= 15 is 0 Å². The van der Waals surface area contributed by atoms with Crippen molar-refractivity contribution in [1.29, 1.82) is 0 Å². The summed E-state index contributed by atoms with van der Waals surface area (Å²) in [6.07, 6.45) is 0. The van der Waals surface area contributed by atoms with Crippen LogP contribution < -0.4 is 9.80 Å². The predicted octanol–water partition coefficient (Wildman–Crippen LogP) is 4.16. The van der Waals surface area contributed by atoms with Gasteiger partial charge in [-0.1, -0.05) is 28.9 Å². The molecule has 8 heteroatoms. The molecule has 0 unspecified atom stereocenters. The fourth-order valence-corrected chi connectivity index (χ4v) is 3.48. The first-order chi connectivity index (χ1) is 13.5. The van der Waals surface area contributed by atoms with Gasteiger partial charge in [0.25, 0.3) is 0 Å². The molecule has 6 nitrogen and oxygen atoms in total. The van der Waals surface area contributed by atoms with E-state index in [2.05, 4.69) is 5.16 Å². The van der Waals surface area contributed by atoms with E-state index in [9.17, 15) is 14.3 Å². The lowest BCUT2D eigenvalue weighted by Gasteiger charge is -2.36. The van der Waals surface area contributed by atoms with Crippen molar-refractivity contribution < 1.29 is 18.8 Å². The summed E-state index contributed by atoms with van der Waals surface area (Å²) in [4.78, 5) is 15.7. The summed E-state index contributed by atoms with van der Waals surface area (Å²) in [6.45, 7) is 2.09. The average Bonchev–Trinajstić information content (AvgIpc) is 3.14. The molecule has 2 heterocycles. The first-order valence-electron chi connectivity index (χ1n) is 8.78. The molecule has 0 saturated carbocycles. The first-order valence-corrected chi connectivity index (χ1v) is 9.15. The minimum Gasteiger partial charge on any atom is -0.477 e. The number of anilines is 2. The molecule has 0 aliphatic carbocycles. The summed E-state index contributed by atoms with van der Waals surface area (Å²) < 4.78 is 19.4. The zero-order valence-electron chi connectivity index (χ0n) is 14.8. The molecule has 1 fully saturated rings. The van der Waals surface area contributed by atoms with Crippen molar-refractivity contribution in [2.75, 3.05) is 36.0 Å². The third kappa shape index (κ3) is 3.41. The van der Waals surface area contributed by atoms with E-state index in [-0.39, 0.29) is 23.0 Å². The van der Waals surface area contributed by atoms with Crippen molar-refractivity contribution >= 4 is 29.1 Å². The molecule has 1 aliphatic rings. The Morgan fingerprint density at radius 3 is 2.32 bits per heavy atom. The van der Waals surface area contributed by atoms with Crippen LogP contribution in [-0.2, 0) is 0 Å². The zero-order valence-corrected chi connectivity index (χ0v) is 15.6. The second kappa shape index (κ2) is 7.52. The van der Waals surface area contributed by atoms with Gasteiger partial charge in [0.2, 0.25) is 0 Å². The Kier molecular flexibility index (Phi) is 4.92. The molecule has 0 bridgehead atoms. The number of aromatic carboxylic acids is 1. The SMILES string of the molecule is O=C(O)c1c(N2CCN(c3ccccc3F)CC2)noc1-c1ccc(Cl)cc1. The van der Waals surface area contributed by atoms with Crippen molar-refractivity contribution in [1.82, 2.24) is 5.16 Å². The van der Waals surface area contributed by atoms with Crippen LogP contribution in [-0.4, -0.2) is 42.4 Å². The quantitative estimate of drug-likeness (QED) is 0.708. The summed E-state index contributed by atoms with van der Waals surface area (Å²) in [5.74, 6) is -0.910. The number of carboxylic acid groups (broad SMARTS) is 1. The van der Waals surface area contributed by atoms with Crippen molar-refractivity contribution in [3.63, 3.8) is 0 Å². The normalized spacial score (nSPS) is 14.4. The number of hydrogen-bond donors (Lipinski definition) is 1. The lowest BCUT2D eigenvalue weighted by molar-refractivity contribution is 0.0698. The van der Waals surface area contributed by atoms with Gasteiger partial charge in [0, 0.05) is 36.8 Å². The van der Waals surface area contributed by atoms with E-state index in [1.807, 2.05) is 9.80 Å². The topological polar surface area (TPSA) is 69.8 Å². The Morgan fingerprint density at radius 1 is 1.04 bits per heavy atom. The monoisotopic (exact) mass is 401 g/mol. The molecule has 2 aromatic carbocycles. The Bertz CT molecular complexity index is 998. The van der Waals surface area contributed by atoms with Gasteiger partial charge in [-0.25, -0.2) is 9.18 Å². The van der Waals surface area contributed by atoms with Crippen LogP contribution in [0.25, 0.3) is 11.3 Å². The van der Waals surface area contributed by atoms with Crippen molar-refractivity contribution in [3.8, 4) is 11.3 Å². The highest BCUT2D eigenvalue weighted by atomic mass is 35.5. The van der Waals surface area contributed by atoms with Gasteiger partial charge >= 0.3 is 5.97 Å². The first kappa shape index (κ1) is 18.3. The molecule has 3 aromatic rings. The molecule has 1 aliphatic heterocycles. The third-order valence-electron chi connectivity index (χ3n) is 4.77. The number of piperazine rings is 1. The van der Waals surface area contributed by atoms with E-state index in [1.54, 1.807) is 42.5 Å². The van der Waals surface area contributed by atoms with Gasteiger partial charge in [0.15, 0.2) is 17.1 Å². The zero-order chi connectivity index (χ0) is 19.7. The van der Waals surface area contributed by atoms with Crippen LogP contribution in [0.1, 0.15) is 10.4 Å². The number of aromatic nitrogens is 1. The second-order valence-corrected chi connectivity index (χ2v) is 6.88. The summed E-state index contributed by atoms with van der Waals surface area (Å²) in [5.41, 5.74) is 1.15. The maximum atomic E-state index is 14.0. The second-order valence-electron chi connectivity index (χ2n) is 6.45. The summed E-state index contributed by atoms with van der Waals surface area (Å²) >= 11 is 5.90. The molecular weight excluding hydrogens is 385 g/mol. The fourth-order valence-electron chi connectivity index (χ4n) is 3.36. The van der Waals surface area contributed by atoms with E-state index in [4.69, 9.17) is 16.1 Å². The Balaban J connectivity index is 1.58. The molecule has 1 N–H and O–H groups in total. The maximum Gasteiger partial charge on any atom is 0.343 e. The number of benzene rings is 2. The fraction of sp³-hybridized carbons (Fsp3) is 0.200. The average molecular weight is 402 g/mol. The van der Waals surface area contributed by atoms with Gasteiger partial charge in [0.1, 0.15) is 5.82 Å². The molecule has 0 radical (unpaired) electrons. The molecule has 4 rings (SSSR count). The summed E-state index contributed by atoms with van der Waals surface area (Å²) in [5, 5.41) is 14.3. The molecule has 28 heavy (non-hydrogen) atoms. The molecule has 0 atom stereocenters. The van der Waals surface area contributed by atoms with Gasteiger partial charge in [-0.3, -0.25) is 0 Å². The van der Waals surface area contributed by atoms with Gasteiger partial charge in [0.05, 0.1) is 5.69 Å². The standard InChI is InChI=1S/C20H17ClFN3O3/c21-14-7-5-13(6-8-14)18-17(20(26)27)19(23-28-18)25-11-9-24(10-12-25)16-4-2-1-3-15(16)22/h1-8H,9-12H2,(H,26,27). The van der Waals surface area contributed by atoms with Crippen LogP contribution in [0.3, 0.4) is 0 Å². The number of carboxylic acids is 1. The Morgan fingerprint density at radius 2 is 1.68 bits per heavy atom. The van der Waals surface area contributed by atoms with Crippen LogP contribution in [0.15, 0.2) is 53.1 Å². The summed E-state index contributed by atoms with van der Waals surface area (Å²) in [7, 11) is 0. The van der Waals surface area contributed by atoms with Crippen LogP contribution in [0.4, 0.5) is 15.9 Å². The number of carbonyl (C=O) groups is 1. The smallest absolute Gasteiger partial charge is 0.343 e. The Labute approximate surface area is 165 Å². The lowest BCUT2D eigenvalue weighted by Crippen LogP contribution is -2.47. The van der Waals surface area contributed by atoms with Gasteiger partial charge in [-0.2, -0.15) is 0 Å². The van der Waals surface area contributed by atoms with Crippen molar-refractivity contribution in [2.45, 2.75) is 0 Å². The highest BCUT2D eigenvalue weighted by molar-refractivity contribution is 6.30. The molecule has 0 spiro atoms. The van der Waals surface area contributed by atoms with Crippen molar-refractivity contribution in [3.05, 3.63) is 64.9 Å². The van der Waals surface area contributed by atoms with E-state index in [0.29, 0.717) is 42.5 Å². The Hall–Kier alpha value is -3.06. The highest BCUT2D eigenvalue weighted by Gasteiger charge is 2.30. The van der Waals surface area contributed by atoms with E-state index < -0.39 is 5.97 Å². The summed E-state index contributed by atoms with van der Waals surface area (Å²) in [6, 6.07) is 13.3. The minimum atomic E-state index is -1.11. The molecule has 1 aromatic heterocycles. The van der Waals surface area contributed by atoms with Crippen LogP contribution in [0.2, 0.25) is 5.02 Å². The predicted molar refractivity (Wildman–Crippen MR) is 105 cm³/mol. The largest absolute Gasteiger partial charge is 0.477 e. The number of hydrogen-bond acceptors (Lipinski definition) is 5. The lowest BCUT2D eigenvalue weighted by atomic mass is 10.1. The van der Waals surface area contributed by atoms with Crippen LogP contribution >= 0.6 is 11.6 Å². The number of halogens is 2. The minimum absolute atomic E-state index is 0.0154. The molecule has 1 saturated heterocycles. The number of rotatable bonds is 4. The van der Waals surface area contributed by atoms with Crippen molar-refractivity contribution in [2.24, 2.45) is 0 Å². The van der Waals surface area contributed by atoms with Gasteiger partial charge in [-0.15, -0.1) is 0 Å². The molecule has 144 valence electrons. The number of nitrogens with zero attached hydrogens (tertiary/aromatic N) is 3. The van der Waals surface area contributed by atoms with Crippen LogP contribution in [0.5, 0.6) is 0 Å². The molecule has 0 amide bonds. The van der Waals surface area contributed by atoms with Gasteiger partial charge in [-0.05, 0) is 36.4 Å². The van der Waals surface area contributed by atoms with Gasteiger partial charge < -0.3 is 19.4 Å². The molecular formula is C20H17ClFN3O3. The third-order valence-corrected chi connectivity index (χ3v) is 5.02. The number of para-hydroxylation sites is 1. The van der Waals surface area contributed by atoms with E-state index in [1.165, 1.54) is 6.07 Å². The van der Waals surface area contributed by atoms with Crippen LogP contribution in [0, 0.1) is 5.82 Å². The maximum absolute atomic E-state index is 14.0. The highest BCUT2D eigenvalue weighted by Crippen LogP contribution is 2.33. The van der Waals surface area contributed by atoms with E-state index in [0.717, 1.165) is 0 Å².